The molecule has 2 aromatic rings. The van der Waals surface area contributed by atoms with Crippen LogP contribution in [-0.4, -0.2) is 9.91 Å². The minimum Gasteiger partial charge on any atom is -0.710 e. The van der Waals surface area contributed by atoms with Crippen LogP contribution in [0, 0.1) is 15.3 Å². The van der Waals surface area contributed by atoms with E-state index in [4.69, 9.17) is 0 Å². The van der Waals surface area contributed by atoms with Crippen LogP contribution in [0.4, 0.5) is 5.82 Å². The maximum Gasteiger partial charge on any atom is 0.379 e. The summed E-state index contributed by atoms with van der Waals surface area (Å²) < 4.78 is 0.502. The molecule has 6 nitrogen and oxygen atoms in total. The van der Waals surface area contributed by atoms with Crippen molar-refractivity contribution in [3.05, 3.63) is 45.9 Å². The highest BCUT2D eigenvalue weighted by atomic mass is 16.6. The SMILES string of the molecule is O=[N+]([O-])c1nc[n+]([O-])c2ccccc12. The van der Waals surface area contributed by atoms with Gasteiger partial charge in [-0.2, -0.15) is 0 Å². The summed E-state index contributed by atoms with van der Waals surface area (Å²) in [5.41, 5.74) is 0.245. The molecule has 0 atom stereocenters. The largest absolute Gasteiger partial charge is 0.710 e. The topological polar surface area (TPSA) is 83.0 Å². The number of fused-ring (bicyclic) bond motifs is 1. The van der Waals surface area contributed by atoms with Crippen LogP contribution in [0.5, 0.6) is 0 Å². The van der Waals surface area contributed by atoms with E-state index < -0.39 is 4.92 Å². The molecule has 70 valence electrons. The summed E-state index contributed by atoms with van der Waals surface area (Å²) in [5, 5.41) is 22.0. The molecular formula is C8H5N3O3. The van der Waals surface area contributed by atoms with Crippen molar-refractivity contribution in [2.24, 2.45) is 0 Å². The molecule has 2 rings (SSSR count). The second kappa shape index (κ2) is 2.91. The van der Waals surface area contributed by atoms with Crippen molar-refractivity contribution in [2.75, 3.05) is 0 Å². The molecule has 0 saturated carbocycles. The summed E-state index contributed by atoms with van der Waals surface area (Å²) >= 11 is 0. The van der Waals surface area contributed by atoms with E-state index in [0.29, 0.717) is 4.73 Å². The van der Waals surface area contributed by atoms with Crippen molar-refractivity contribution in [2.45, 2.75) is 0 Å². The Bertz CT molecular complexity index is 512. The number of para-hydroxylation sites is 1. The third-order valence-electron chi connectivity index (χ3n) is 1.84. The lowest BCUT2D eigenvalue weighted by atomic mass is 10.2. The molecule has 0 aliphatic rings. The van der Waals surface area contributed by atoms with E-state index in [1.807, 2.05) is 0 Å². The number of hydrogen-bond donors (Lipinski definition) is 0. The predicted octanol–water partition coefficient (Wildman–Crippen LogP) is 0.776. The van der Waals surface area contributed by atoms with E-state index >= 15 is 0 Å². The average Bonchev–Trinajstić information content (AvgIpc) is 2.18. The van der Waals surface area contributed by atoms with Crippen LogP contribution >= 0.6 is 0 Å². The van der Waals surface area contributed by atoms with Crippen molar-refractivity contribution >= 4 is 16.7 Å². The lowest BCUT2D eigenvalue weighted by Gasteiger charge is -2.04. The molecule has 0 amide bonds. The average molecular weight is 191 g/mol. The second-order valence-corrected chi connectivity index (χ2v) is 2.67. The molecule has 0 unspecified atom stereocenters. The molecule has 0 N–H and O–H groups in total. The Morgan fingerprint density at radius 2 is 2.07 bits per heavy atom. The number of benzene rings is 1. The van der Waals surface area contributed by atoms with Gasteiger partial charge >= 0.3 is 5.82 Å². The zero-order valence-corrected chi connectivity index (χ0v) is 6.95. The van der Waals surface area contributed by atoms with Gasteiger partial charge < -0.3 is 15.3 Å². The van der Waals surface area contributed by atoms with Crippen LogP contribution in [0.1, 0.15) is 0 Å². The Morgan fingerprint density at radius 3 is 2.79 bits per heavy atom. The highest BCUT2D eigenvalue weighted by molar-refractivity contribution is 5.83. The Morgan fingerprint density at radius 1 is 1.36 bits per heavy atom. The second-order valence-electron chi connectivity index (χ2n) is 2.67. The monoisotopic (exact) mass is 191 g/mol. The normalized spacial score (nSPS) is 10.3. The molecule has 0 aliphatic carbocycles. The Kier molecular flexibility index (Phi) is 1.74. The summed E-state index contributed by atoms with van der Waals surface area (Å²) in [6.45, 7) is 0. The molecule has 14 heavy (non-hydrogen) atoms. The highest BCUT2D eigenvalue weighted by Crippen LogP contribution is 2.18. The highest BCUT2D eigenvalue weighted by Gasteiger charge is 2.15. The molecule has 0 fully saturated rings. The van der Waals surface area contributed by atoms with E-state index in [1.165, 1.54) is 12.1 Å². The fourth-order valence-corrected chi connectivity index (χ4v) is 1.24. The van der Waals surface area contributed by atoms with Crippen molar-refractivity contribution in [1.29, 1.82) is 0 Å². The Labute approximate surface area is 78.2 Å². The van der Waals surface area contributed by atoms with Gasteiger partial charge in [-0.25, -0.2) is 4.73 Å². The summed E-state index contributed by atoms with van der Waals surface area (Å²) in [5.74, 6) is -0.298. The minimum absolute atomic E-state index is 0.245. The number of hydrogen-bond acceptors (Lipinski definition) is 4. The van der Waals surface area contributed by atoms with Crippen LogP contribution < -0.4 is 4.73 Å². The first kappa shape index (κ1) is 8.36. The molecule has 0 saturated heterocycles. The van der Waals surface area contributed by atoms with Crippen LogP contribution in [-0.2, 0) is 0 Å². The standard InChI is InChI=1S/C8H5N3O3/c12-10-5-9-8(11(13)14)6-3-1-2-4-7(6)10/h1-5H. The summed E-state index contributed by atoms with van der Waals surface area (Å²) in [6.07, 6.45) is 0.889. The van der Waals surface area contributed by atoms with E-state index in [2.05, 4.69) is 4.98 Å². The third kappa shape index (κ3) is 1.13. The van der Waals surface area contributed by atoms with Gasteiger partial charge in [0.25, 0.3) is 6.33 Å². The maximum absolute atomic E-state index is 11.2. The summed E-state index contributed by atoms with van der Waals surface area (Å²) in [4.78, 5) is 13.4. The maximum atomic E-state index is 11.2. The van der Waals surface area contributed by atoms with Gasteiger partial charge in [-0.05, 0) is 22.0 Å². The third-order valence-corrected chi connectivity index (χ3v) is 1.84. The fraction of sp³-hybridized carbons (Fsp3) is 0. The molecule has 6 heteroatoms. The van der Waals surface area contributed by atoms with Crippen LogP contribution in [0.15, 0.2) is 30.6 Å². The lowest BCUT2D eigenvalue weighted by molar-refractivity contribution is -0.581. The minimum atomic E-state index is -0.609. The lowest BCUT2D eigenvalue weighted by Crippen LogP contribution is -2.27. The Balaban J connectivity index is 2.88. The van der Waals surface area contributed by atoms with Gasteiger partial charge in [-0.15, -0.1) is 0 Å². The zero-order valence-electron chi connectivity index (χ0n) is 6.95. The molecule has 0 spiro atoms. The van der Waals surface area contributed by atoms with Gasteiger partial charge in [0.1, 0.15) is 10.9 Å². The number of nitrogens with zero attached hydrogens (tertiary/aromatic N) is 3. The quantitative estimate of drug-likeness (QED) is 0.288. The smallest absolute Gasteiger partial charge is 0.379 e. The summed E-state index contributed by atoms with van der Waals surface area (Å²) in [6, 6.07) is 6.27. The predicted molar refractivity (Wildman–Crippen MR) is 47.4 cm³/mol. The molecule has 1 aromatic heterocycles. The van der Waals surface area contributed by atoms with E-state index in [9.17, 15) is 15.3 Å². The van der Waals surface area contributed by atoms with Crippen molar-refractivity contribution in [1.82, 2.24) is 4.98 Å². The summed E-state index contributed by atoms with van der Waals surface area (Å²) in [7, 11) is 0. The van der Waals surface area contributed by atoms with Gasteiger partial charge in [0, 0.05) is 0 Å². The number of aromatic nitrogens is 2. The first-order chi connectivity index (χ1) is 6.70. The molecule has 0 aliphatic heterocycles. The first-order valence-corrected chi connectivity index (χ1v) is 3.81. The Hall–Kier alpha value is -2.24. The number of nitro groups is 1. The van der Waals surface area contributed by atoms with E-state index in [1.54, 1.807) is 12.1 Å². The van der Waals surface area contributed by atoms with Gasteiger partial charge in [-0.3, -0.25) is 0 Å². The van der Waals surface area contributed by atoms with Crippen molar-refractivity contribution in [3.8, 4) is 0 Å². The van der Waals surface area contributed by atoms with Crippen LogP contribution in [0.3, 0.4) is 0 Å². The van der Waals surface area contributed by atoms with E-state index in [0.717, 1.165) is 6.33 Å². The van der Waals surface area contributed by atoms with Crippen LogP contribution in [0.2, 0.25) is 0 Å². The van der Waals surface area contributed by atoms with Gasteiger partial charge in [-0.1, -0.05) is 12.1 Å². The van der Waals surface area contributed by atoms with E-state index in [-0.39, 0.29) is 16.7 Å². The van der Waals surface area contributed by atoms with Gasteiger partial charge in [0.15, 0.2) is 0 Å². The van der Waals surface area contributed by atoms with Gasteiger partial charge in [0.05, 0.1) is 0 Å². The molecular weight excluding hydrogens is 186 g/mol. The van der Waals surface area contributed by atoms with Crippen LogP contribution in [0.25, 0.3) is 10.9 Å². The number of rotatable bonds is 1. The van der Waals surface area contributed by atoms with Crippen molar-refractivity contribution in [3.63, 3.8) is 0 Å². The molecule has 0 bridgehead atoms. The molecule has 0 radical (unpaired) electrons. The van der Waals surface area contributed by atoms with Crippen molar-refractivity contribution < 1.29 is 9.65 Å². The molecule has 1 aromatic carbocycles. The molecule has 1 heterocycles. The first-order valence-electron chi connectivity index (χ1n) is 3.81. The zero-order chi connectivity index (χ0) is 10.1. The fourth-order valence-electron chi connectivity index (χ4n) is 1.24. The van der Waals surface area contributed by atoms with Gasteiger partial charge in [0.2, 0.25) is 0 Å².